The summed E-state index contributed by atoms with van der Waals surface area (Å²) < 4.78 is 26.1. The Bertz CT molecular complexity index is 1110. The van der Waals surface area contributed by atoms with Crippen LogP contribution in [0.4, 0.5) is 10.1 Å². The Morgan fingerprint density at radius 3 is 2.73 bits per heavy atom. The second-order valence-corrected chi connectivity index (χ2v) is 8.79. The number of carboxylic acid groups (broad SMARTS) is 1. The number of ether oxygens (including phenoxy) is 2. The van der Waals surface area contributed by atoms with Gasteiger partial charge in [-0.3, -0.25) is 14.4 Å². The molecule has 0 radical (unpaired) electrons. The molecule has 2 aromatic rings. The number of ketones is 1. The van der Waals surface area contributed by atoms with Gasteiger partial charge in [-0.1, -0.05) is 0 Å². The number of fused-ring (bicyclic) bond motifs is 1. The van der Waals surface area contributed by atoms with Gasteiger partial charge in [0, 0.05) is 36.2 Å². The zero-order chi connectivity index (χ0) is 23.1. The van der Waals surface area contributed by atoms with Crippen molar-refractivity contribution in [3.8, 4) is 11.6 Å². The number of rotatable bonds is 8. The lowest BCUT2D eigenvalue weighted by Gasteiger charge is -2.18. The summed E-state index contributed by atoms with van der Waals surface area (Å²) in [4.78, 5) is 42.1. The smallest absolute Gasteiger partial charge is 0.304 e. The molecule has 1 aromatic heterocycles. The van der Waals surface area contributed by atoms with Gasteiger partial charge in [0.25, 0.3) is 5.91 Å². The van der Waals surface area contributed by atoms with Gasteiger partial charge in [-0.05, 0) is 48.9 Å². The normalized spacial score (nSPS) is 21.9. The lowest BCUT2D eigenvalue weighted by molar-refractivity contribution is -0.137. The lowest BCUT2D eigenvalue weighted by atomic mass is 10.0. The van der Waals surface area contributed by atoms with Crippen LogP contribution in [0.5, 0.6) is 11.6 Å². The van der Waals surface area contributed by atoms with E-state index in [2.05, 4.69) is 4.98 Å². The van der Waals surface area contributed by atoms with Crippen LogP contribution < -0.4 is 14.4 Å². The van der Waals surface area contributed by atoms with Crippen LogP contribution in [-0.4, -0.2) is 47.0 Å². The van der Waals surface area contributed by atoms with Crippen molar-refractivity contribution in [2.45, 2.75) is 38.2 Å². The van der Waals surface area contributed by atoms with Gasteiger partial charge in [-0.2, -0.15) is 0 Å². The summed E-state index contributed by atoms with van der Waals surface area (Å²) in [5, 5.41) is 8.99. The van der Waals surface area contributed by atoms with Crippen molar-refractivity contribution in [1.29, 1.82) is 0 Å². The highest BCUT2D eigenvalue weighted by Gasteiger charge is 2.38. The van der Waals surface area contributed by atoms with Crippen LogP contribution in [-0.2, 0) is 16.0 Å². The first-order valence-corrected chi connectivity index (χ1v) is 11.0. The molecule has 1 N–H and O–H groups in total. The SMILES string of the molecule is O=C(O)CC1Cc2c(F)cc(N3CC[C@@H](Oc4ccc(OCC5CC5)nc4)C3=O)cc2C1=O. The van der Waals surface area contributed by atoms with E-state index in [1.165, 1.54) is 36.1 Å². The van der Waals surface area contributed by atoms with Gasteiger partial charge in [0.15, 0.2) is 11.9 Å². The van der Waals surface area contributed by atoms with Crippen LogP contribution in [0.1, 0.15) is 41.6 Å². The number of anilines is 1. The van der Waals surface area contributed by atoms with E-state index >= 15 is 0 Å². The summed E-state index contributed by atoms with van der Waals surface area (Å²) in [5.41, 5.74) is 0.637. The summed E-state index contributed by atoms with van der Waals surface area (Å²) in [7, 11) is 0. The minimum Gasteiger partial charge on any atom is -0.481 e. The van der Waals surface area contributed by atoms with E-state index in [4.69, 9.17) is 14.6 Å². The zero-order valence-electron chi connectivity index (χ0n) is 17.8. The molecule has 1 saturated heterocycles. The van der Waals surface area contributed by atoms with Gasteiger partial charge < -0.3 is 19.5 Å². The molecular formula is C24H23FN2O6. The summed E-state index contributed by atoms with van der Waals surface area (Å²) in [6, 6.07) is 6.10. The van der Waals surface area contributed by atoms with Crippen LogP contribution in [0.25, 0.3) is 0 Å². The maximum absolute atomic E-state index is 14.7. The third-order valence-corrected chi connectivity index (χ3v) is 6.31. The standard InChI is InChI=1S/C24H23FN2O6/c25-19-10-15(9-18-17(19)7-14(23(18)30)8-22(28)29)27-6-5-20(24(27)31)33-16-3-4-21(26-11-16)32-12-13-1-2-13/h3-4,9-11,13-14,20H,1-2,5-8,12H2,(H,28,29)/t14?,20-/m1/s1. The van der Waals surface area contributed by atoms with Gasteiger partial charge in [0.05, 0.1) is 19.2 Å². The topological polar surface area (TPSA) is 106 Å². The zero-order valence-corrected chi connectivity index (χ0v) is 17.8. The third kappa shape index (κ3) is 4.40. The molecule has 1 unspecified atom stereocenters. The highest BCUT2D eigenvalue weighted by molar-refractivity contribution is 6.06. The number of benzene rings is 1. The minimum absolute atomic E-state index is 0.0552. The Labute approximate surface area is 189 Å². The first-order chi connectivity index (χ1) is 15.9. The number of halogens is 1. The minimum atomic E-state index is -1.10. The fraction of sp³-hybridized carbons (Fsp3) is 0.417. The highest BCUT2D eigenvalue weighted by Crippen LogP contribution is 2.36. The van der Waals surface area contributed by atoms with Crippen molar-refractivity contribution in [2.75, 3.05) is 18.1 Å². The molecule has 9 heteroatoms. The molecule has 1 aliphatic heterocycles. The molecule has 1 saturated carbocycles. The number of Topliss-reactive ketones (excluding diaryl/α,β-unsaturated/α-hetero) is 1. The lowest BCUT2D eigenvalue weighted by Crippen LogP contribution is -2.32. The van der Waals surface area contributed by atoms with E-state index in [0.29, 0.717) is 37.1 Å². The number of carboxylic acids is 1. The maximum atomic E-state index is 14.7. The van der Waals surface area contributed by atoms with E-state index in [1.54, 1.807) is 12.1 Å². The van der Waals surface area contributed by atoms with Crippen LogP contribution in [0.15, 0.2) is 30.5 Å². The largest absolute Gasteiger partial charge is 0.481 e. The van der Waals surface area contributed by atoms with E-state index in [1.807, 2.05) is 0 Å². The number of carbonyl (C=O) groups excluding carboxylic acids is 2. The first kappa shape index (κ1) is 21.4. The van der Waals surface area contributed by atoms with Crippen molar-refractivity contribution in [3.05, 3.63) is 47.4 Å². The van der Waals surface area contributed by atoms with Crippen LogP contribution >= 0.6 is 0 Å². The number of hydrogen-bond acceptors (Lipinski definition) is 6. The number of amides is 1. The third-order valence-electron chi connectivity index (χ3n) is 6.31. The predicted molar refractivity (Wildman–Crippen MR) is 114 cm³/mol. The Hall–Kier alpha value is -3.49. The summed E-state index contributed by atoms with van der Waals surface area (Å²) in [6.45, 7) is 0.963. The summed E-state index contributed by atoms with van der Waals surface area (Å²) in [6.07, 6.45) is 3.23. The monoisotopic (exact) mass is 454 g/mol. The number of carbonyl (C=O) groups is 3. The van der Waals surface area contributed by atoms with Crippen molar-refractivity contribution in [1.82, 2.24) is 4.98 Å². The summed E-state index contributed by atoms with van der Waals surface area (Å²) in [5.74, 6) is -1.67. The van der Waals surface area contributed by atoms with Crippen LogP contribution in [0.3, 0.4) is 0 Å². The molecule has 0 bridgehead atoms. The fourth-order valence-electron chi connectivity index (χ4n) is 4.33. The van der Waals surface area contributed by atoms with Gasteiger partial charge in [0.1, 0.15) is 11.6 Å². The molecule has 1 aromatic carbocycles. The number of nitrogens with zero attached hydrogens (tertiary/aromatic N) is 2. The Morgan fingerprint density at radius 1 is 1.21 bits per heavy atom. The van der Waals surface area contributed by atoms with E-state index in [9.17, 15) is 18.8 Å². The number of aliphatic carboxylic acids is 1. The molecular weight excluding hydrogens is 431 g/mol. The maximum Gasteiger partial charge on any atom is 0.304 e. The average molecular weight is 454 g/mol. The second kappa shape index (κ2) is 8.46. The quantitative estimate of drug-likeness (QED) is 0.654. The van der Waals surface area contributed by atoms with Gasteiger partial charge in [-0.15, -0.1) is 0 Å². The Kier molecular flexibility index (Phi) is 5.47. The molecule has 3 aliphatic rings. The van der Waals surface area contributed by atoms with E-state index < -0.39 is 29.6 Å². The number of aromatic nitrogens is 1. The Morgan fingerprint density at radius 2 is 2.03 bits per heavy atom. The average Bonchev–Trinajstić information content (AvgIpc) is 3.48. The molecule has 8 nitrogen and oxygen atoms in total. The molecule has 33 heavy (non-hydrogen) atoms. The fourth-order valence-corrected chi connectivity index (χ4v) is 4.33. The van der Waals surface area contributed by atoms with Gasteiger partial charge >= 0.3 is 5.97 Å². The number of pyridine rings is 1. The van der Waals surface area contributed by atoms with Crippen molar-refractivity contribution < 1.29 is 33.4 Å². The van der Waals surface area contributed by atoms with Gasteiger partial charge in [0.2, 0.25) is 5.88 Å². The second-order valence-electron chi connectivity index (χ2n) is 8.79. The van der Waals surface area contributed by atoms with E-state index in [0.717, 1.165) is 0 Å². The van der Waals surface area contributed by atoms with Crippen LogP contribution in [0.2, 0.25) is 0 Å². The predicted octanol–water partition coefficient (Wildman–Crippen LogP) is 3.02. The molecule has 2 aliphatic carbocycles. The molecule has 2 fully saturated rings. The molecule has 5 rings (SSSR count). The van der Waals surface area contributed by atoms with Crippen LogP contribution in [0, 0.1) is 17.7 Å². The molecule has 172 valence electrons. The Balaban J connectivity index is 1.26. The molecule has 0 spiro atoms. The van der Waals surface area contributed by atoms with Crippen molar-refractivity contribution >= 4 is 23.3 Å². The first-order valence-electron chi connectivity index (χ1n) is 11.0. The molecule has 2 atom stereocenters. The molecule has 1 amide bonds. The summed E-state index contributed by atoms with van der Waals surface area (Å²) >= 11 is 0. The van der Waals surface area contributed by atoms with Gasteiger partial charge in [-0.25, -0.2) is 9.37 Å². The molecule has 2 heterocycles. The highest BCUT2D eigenvalue weighted by atomic mass is 19.1. The van der Waals surface area contributed by atoms with E-state index in [-0.39, 0.29) is 35.6 Å². The van der Waals surface area contributed by atoms with Crippen molar-refractivity contribution in [2.24, 2.45) is 11.8 Å². The number of hydrogen-bond donors (Lipinski definition) is 1. The van der Waals surface area contributed by atoms with Crippen molar-refractivity contribution in [3.63, 3.8) is 0 Å².